The molecule has 1 rings (SSSR count). The van der Waals surface area contributed by atoms with Crippen LogP contribution in [0.1, 0.15) is 5.82 Å². The fourth-order valence-electron chi connectivity index (χ4n) is 0.555. The molecule has 0 saturated carbocycles. The second-order valence-electron chi connectivity index (χ2n) is 1.49. The smallest absolute Gasteiger partial charge is 0.174 e. The molecule has 1 aromatic rings. The maximum absolute atomic E-state index is 3.74. The summed E-state index contributed by atoms with van der Waals surface area (Å²) in [6, 6.07) is 0. The lowest BCUT2D eigenvalue weighted by Gasteiger charge is -1.97. The second-order valence-corrected chi connectivity index (χ2v) is 1.49. The highest BCUT2D eigenvalue weighted by molar-refractivity contribution is 5.35. The van der Waals surface area contributed by atoms with E-state index in [-0.39, 0.29) is 0 Å². The Hall–Kier alpha value is -1.32. The lowest BCUT2D eigenvalue weighted by molar-refractivity contribution is 0.907. The highest BCUT2D eigenvalue weighted by Gasteiger charge is 1.92. The van der Waals surface area contributed by atoms with Gasteiger partial charge in [-0.1, -0.05) is 6.58 Å². The maximum Gasteiger partial charge on any atom is 0.174 e. The third-order valence-electron chi connectivity index (χ3n) is 0.998. The Labute approximate surface area is 53.2 Å². The summed E-state index contributed by atoms with van der Waals surface area (Å²) in [7, 11) is 1.79. The van der Waals surface area contributed by atoms with Crippen molar-refractivity contribution in [3.05, 3.63) is 18.7 Å². The van der Waals surface area contributed by atoms with Gasteiger partial charge in [-0.3, -0.25) is 0 Å². The third kappa shape index (κ3) is 0.910. The normalized spacial score (nSPS) is 9.00. The van der Waals surface area contributed by atoms with E-state index in [9.17, 15) is 0 Å². The molecule has 0 amide bonds. The van der Waals surface area contributed by atoms with Crippen LogP contribution >= 0.6 is 0 Å². The van der Waals surface area contributed by atoms with Crippen LogP contribution in [0.15, 0.2) is 12.9 Å². The first-order chi connectivity index (χ1) is 4.38. The topological polar surface area (TPSA) is 42.7 Å². The van der Waals surface area contributed by atoms with E-state index in [1.807, 2.05) is 0 Å². The van der Waals surface area contributed by atoms with E-state index in [0.717, 1.165) is 5.82 Å². The number of hydrogen-bond donors (Lipinski definition) is 1. The Morgan fingerprint density at radius 3 is 3.11 bits per heavy atom. The van der Waals surface area contributed by atoms with Crippen LogP contribution in [0, 0.1) is 0 Å². The van der Waals surface area contributed by atoms with Crippen LogP contribution in [-0.2, 0) is 0 Å². The van der Waals surface area contributed by atoms with E-state index >= 15 is 0 Å². The molecule has 0 aliphatic rings. The molecule has 0 aliphatic heterocycles. The molecule has 4 nitrogen and oxygen atoms in total. The Balaban J connectivity index is 2.98. The van der Waals surface area contributed by atoms with Crippen LogP contribution in [0.5, 0.6) is 0 Å². The highest BCUT2D eigenvalue weighted by Crippen LogP contribution is 1.90. The number of hydrogen-bond acceptors (Lipinski definition) is 3. The zero-order valence-electron chi connectivity index (χ0n) is 5.20. The van der Waals surface area contributed by atoms with Crippen molar-refractivity contribution in [1.29, 1.82) is 0 Å². The van der Waals surface area contributed by atoms with E-state index in [0.29, 0.717) is 0 Å². The highest BCUT2D eigenvalue weighted by atomic mass is 15.5. The number of rotatable bonds is 2. The van der Waals surface area contributed by atoms with Gasteiger partial charge in [-0.2, -0.15) is 0 Å². The summed E-state index contributed by atoms with van der Waals surface area (Å²) in [5.41, 5.74) is 2.85. The lowest BCUT2D eigenvalue weighted by Crippen LogP contribution is -2.08. The van der Waals surface area contributed by atoms with E-state index in [2.05, 4.69) is 22.2 Å². The SMILES string of the molecule is C=Cc1nncn1NC. The average molecular weight is 124 g/mol. The van der Waals surface area contributed by atoms with Gasteiger partial charge < -0.3 is 5.43 Å². The molecule has 48 valence electrons. The zero-order valence-corrected chi connectivity index (χ0v) is 5.20. The molecule has 0 aliphatic carbocycles. The van der Waals surface area contributed by atoms with Gasteiger partial charge in [0.25, 0.3) is 0 Å². The third-order valence-corrected chi connectivity index (χ3v) is 0.998. The fraction of sp³-hybridized carbons (Fsp3) is 0.200. The molecule has 1 heterocycles. The number of nitrogens with one attached hydrogen (secondary N) is 1. The minimum Gasteiger partial charge on any atom is -0.326 e. The predicted octanol–water partition coefficient (Wildman–Crippen LogP) is 0.0944. The quantitative estimate of drug-likeness (QED) is 0.607. The Morgan fingerprint density at radius 1 is 1.89 bits per heavy atom. The molecule has 4 heteroatoms. The molecule has 9 heavy (non-hydrogen) atoms. The summed E-state index contributed by atoms with van der Waals surface area (Å²) >= 11 is 0. The Bertz CT molecular complexity index is 202. The monoisotopic (exact) mass is 124 g/mol. The lowest BCUT2D eigenvalue weighted by atomic mass is 10.6. The van der Waals surface area contributed by atoms with Gasteiger partial charge >= 0.3 is 0 Å². The van der Waals surface area contributed by atoms with Crippen molar-refractivity contribution in [1.82, 2.24) is 14.9 Å². The molecule has 0 atom stereocenters. The molecule has 0 fully saturated rings. The zero-order chi connectivity index (χ0) is 6.69. The van der Waals surface area contributed by atoms with Crippen LogP contribution < -0.4 is 5.43 Å². The summed E-state index contributed by atoms with van der Waals surface area (Å²) < 4.78 is 1.67. The summed E-state index contributed by atoms with van der Waals surface area (Å²) in [4.78, 5) is 0. The number of nitrogens with zero attached hydrogens (tertiary/aromatic N) is 3. The molecule has 0 radical (unpaired) electrons. The Kier molecular flexibility index (Phi) is 1.48. The van der Waals surface area contributed by atoms with Crippen molar-refractivity contribution in [3.8, 4) is 0 Å². The maximum atomic E-state index is 3.74. The van der Waals surface area contributed by atoms with Crippen LogP contribution in [0.4, 0.5) is 0 Å². The van der Waals surface area contributed by atoms with E-state index in [1.54, 1.807) is 24.1 Å². The standard InChI is InChI=1S/C5H8N4/c1-3-5-8-7-4-9(5)6-2/h3-4,6H,1H2,2H3. The van der Waals surface area contributed by atoms with Gasteiger partial charge in [0.2, 0.25) is 0 Å². The molecular weight excluding hydrogens is 116 g/mol. The fourth-order valence-corrected chi connectivity index (χ4v) is 0.555. The van der Waals surface area contributed by atoms with Crippen molar-refractivity contribution in [3.63, 3.8) is 0 Å². The van der Waals surface area contributed by atoms with Gasteiger partial charge in [-0.15, -0.1) is 10.2 Å². The minimum atomic E-state index is 0.720. The number of aromatic nitrogens is 3. The summed E-state index contributed by atoms with van der Waals surface area (Å²) in [6.45, 7) is 3.55. The summed E-state index contributed by atoms with van der Waals surface area (Å²) in [5, 5.41) is 7.38. The molecule has 0 saturated heterocycles. The molecule has 0 aromatic carbocycles. The second kappa shape index (κ2) is 2.30. The minimum absolute atomic E-state index is 0.720. The van der Waals surface area contributed by atoms with Gasteiger partial charge in [-0.25, -0.2) is 4.68 Å². The van der Waals surface area contributed by atoms with Crippen molar-refractivity contribution in [2.45, 2.75) is 0 Å². The van der Waals surface area contributed by atoms with Crippen molar-refractivity contribution >= 4 is 6.08 Å². The van der Waals surface area contributed by atoms with Crippen molar-refractivity contribution < 1.29 is 0 Å². The van der Waals surface area contributed by atoms with E-state index in [4.69, 9.17) is 0 Å². The summed E-state index contributed by atoms with van der Waals surface area (Å²) in [5.74, 6) is 0.720. The molecule has 0 bridgehead atoms. The average Bonchev–Trinajstić information content (AvgIpc) is 2.33. The van der Waals surface area contributed by atoms with E-state index < -0.39 is 0 Å². The van der Waals surface area contributed by atoms with Gasteiger partial charge in [0, 0.05) is 7.05 Å². The Morgan fingerprint density at radius 2 is 2.67 bits per heavy atom. The first kappa shape index (κ1) is 5.81. The van der Waals surface area contributed by atoms with E-state index in [1.165, 1.54) is 0 Å². The molecule has 1 aromatic heterocycles. The molecule has 0 spiro atoms. The van der Waals surface area contributed by atoms with Crippen LogP contribution in [0.2, 0.25) is 0 Å². The van der Waals surface area contributed by atoms with Gasteiger partial charge in [-0.05, 0) is 6.08 Å². The van der Waals surface area contributed by atoms with Crippen LogP contribution in [0.25, 0.3) is 6.08 Å². The van der Waals surface area contributed by atoms with Crippen LogP contribution in [-0.4, -0.2) is 21.9 Å². The largest absolute Gasteiger partial charge is 0.326 e. The van der Waals surface area contributed by atoms with Gasteiger partial charge in [0.1, 0.15) is 6.33 Å². The van der Waals surface area contributed by atoms with Crippen LogP contribution in [0.3, 0.4) is 0 Å². The van der Waals surface area contributed by atoms with Crippen molar-refractivity contribution in [2.24, 2.45) is 0 Å². The molecule has 1 N–H and O–H groups in total. The van der Waals surface area contributed by atoms with Gasteiger partial charge in [0.15, 0.2) is 5.82 Å². The van der Waals surface area contributed by atoms with Crippen molar-refractivity contribution in [2.75, 3.05) is 12.5 Å². The first-order valence-electron chi connectivity index (χ1n) is 2.58. The first-order valence-corrected chi connectivity index (χ1v) is 2.58. The predicted molar refractivity (Wildman–Crippen MR) is 35.4 cm³/mol. The van der Waals surface area contributed by atoms with Gasteiger partial charge in [0.05, 0.1) is 0 Å². The molecular formula is C5H8N4. The summed E-state index contributed by atoms with van der Waals surface area (Å²) in [6.07, 6.45) is 3.21. The molecule has 0 unspecified atom stereocenters.